The Morgan fingerprint density at radius 3 is 2.62 bits per heavy atom. The molecule has 4 atom stereocenters. The highest BCUT2D eigenvalue weighted by Crippen LogP contribution is 2.39. The molecule has 166 valence electrons. The normalized spacial score (nSPS) is 25.3. The van der Waals surface area contributed by atoms with Crippen molar-refractivity contribution in [2.24, 2.45) is 11.8 Å². The monoisotopic (exact) mass is 430 g/mol. The molecule has 1 aliphatic heterocycles. The van der Waals surface area contributed by atoms with Gasteiger partial charge in [-0.05, 0) is 76.0 Å². The molecule has 6 nitrogen and oxygen atoms in total. The topological polar surface area (TPSA) is 69.6 Å². The highest BCUT2D eigenvalue weighted by Gasteiger charge is 2.43. The van der Waals surface area contributed by atoms with Crippen LogP contribution in [-0.2, 0) is 0 Å². The van der Waals surface area contributed by atoms with Crippen molar-refractivity contribution in [3.63, 3.8) is 0 Å². The van der Waals surface area contributed by atoms with E-state index in [2.05, 4.69) is 16.0 Å². The number of pyridine rings is 2. The number of hydrogen-bond donors (Lipinski definition) is 1. The molecule has 2 aromatic heterocycles. The van der Waals surface area contributed by atoms with E-state index >= 15 is 0 Å². The second-order valence-electron chi connectivity index (χ2n) is 9.62. The minimum absolute atomic E-state index is 0.0541. The summed E-state index contributed by atoms with van der Waals surface area (Å²) < 4.78 is 0. The molecule has 3 aromatic rings. The molecule has 2 fully saturated rings. The molecule has 5 rings (SSSR count). The molecule has 1 saturated heterocycles. The maximum Gasteiger partial charge on any atom is 0.254 e. The highest BCUT2D eigenvalue weighted by molar-refractivity contribution is 6.07. The van der Waals surface area contributed by atoms with Crippen LogP contribution >= 0.6 is 0 Å². The number of aromatic nitrogens is 2. The minimum Gasteiger partial charge on any atom is -0.391 e. The third-order valence-corrected chi connectivity index (χ3v) is 7.21. The van der Waals surface area contributed by atoms with Gasteiger partial charge in [0, 0.05) is 42.5 Å². The van der Waals surface area contributed by atoms with Crippen molar-refractivity contribution in [2.75, 3.05) is 27.2 Å². The first-order valence-electron chi connectivity index (χ1n) is 11.4. The summed E-state index contributed by atoms with van der Waals surface area (Å²) in [6.45, 7) is 3.49. The van der Waals surface area contributed by atoms with E-state index in [0.29, 0.717) is 23.9 Å². The maximum atomic E-state index is 13.8. The zero-order chi connectivity index (χ0) is 22.4. The van der Waals surface area contributed by atoms with Crippen molar-refractivity contribution in [3.05, 3.63) is 59.9 Å². The number of likely N-dealkylation sites (N-methyl/N-ethyl adjacent to an activating group) is 1. The summed E-state index contributed by atoms with van der Waals surface area (Å²) in [5, 5.41) is 11.5. The summed E-state index contributed by atoms with van der Waals surface area (Å²) >= 11 is 0. The lowest BCUT2D eigenvalue weighted by Gasteiger charge is -2.38. The molecule has 1 aliphatic carbocycles. The Labute approximate surface area is 188 Å². The van der Waals surface area contributed by atoms with Crippen LogP contribution in [0.25, 0.3) is 22.2 Å². The summed E-state index contributed by atoms with van der Waals surface area (Å²) in [5.41, 5.74) is 4.28. The lowest BCUT2D eigenvalue weighted by molar-refractivity contribution is 0.00940. The van der Waals surface area contributed by atoms with Crippen LogP contribution in [0.5, 0.6) is 0 Å². The van der Waals surface area contributed by atoms with Gasteiger partial charge in [0.1, 0.15) is 0 Å². The first kappa shape index (κ1) is 21.0. The van der Waals surface area contributed by atoms with Gasteiger partial charge in [0.15, 0.2) is 0 Å². The van der Waals surface area contributed by atoms with Crippen molar-refractivity contribution in [1.29, 1.82) is 0 Å². The number of nitrogens with zero attached hydrogens (tertiary/aromatic N) is 4. The van der Waals surface area contributed by atoms with E-state index in [0.717, 1.165) is 47.1 Å². The molecular formula is C26H30N4O2. The van der Waals surface area contributed by atoms with Crippen LogP contribution in [0, 0.1) is 18.8 Å². The van der Waals surface area contributed by atoms with Gasteiger partial charge in [0.2, 0.25) is 0 Å². The summed E-state index contributed by atoms with van der Waals surface area (Å²) in [6.07, 6.45) is 4.88. The first-order chi connectivity index (χ1) is 15.4. The number of aryl methyl sites for hydroxylation is 1. The number of hydrogen-bond acceptors (Lipinski definition) is 5. The summed E-state index contributed by atoms with van der Waals surface area (Å²) in [7, 11) is 4.05. The Hall–Kier alpha value is -2.83. The van der Waals surface area contributed by atoms with Gasteiger partial charge in [-0.1, -0.05) is 11.6 Å². The second-order valence-corrected chi connectivity index (χ2v) is 9.62. The van der Waals surface area contributed by atoms with E-state index in [-0.39, 0.29) is 18.1 Å². The lowest BCUT2D eigenvalue weighted by Crippen LogP contribution is -2.46. The predicted octanol–water partition coefficient (Wildman–Crippen LogP) is 3.38. The number of amides is 1. The van der Waals surface area contributed by atoms with Crippen molar-refractivity contribution >= 4 is 16.8 Å². The standard InChI is InChI=1S/C26H30N4O2/c1-16-6-7-22-20(9-16)21(12-23(28-22)17-5-4-8-27-13-17)26(32)30-14-18-10-24(29(2)3)25(31)11-19(18)15-30/h4-9,12-13,18-19,24-25,31H,10-11,14-15H2,1-3H3/t18-,19+,24-,25-/m1/s1. The van der Waals surface area contributed by atoms with E-state index in [1.54, 1.807) is 12.4 Å². The Balaban J connectivity index is 1.50. The van der Waals surface area contributed by atoms with Crippen LogP contribution in [-0.4, -0.2) is 70.1 Å². The summed E-state index contributed by atoms with van der Waals surface area (Å²) in [5.74, 6) is 0.846. The third-order valence-electron chi connectivity index (χ3n) is 7.21. The zero-order valence-electron chi connectivity index (χ0n) is 18.9. The van der Waals surface area contributed by atoms with Crippen LogP contribution in [0.4, 0.5) is 0 Å². The SMILES string of the molecule is Cc1ccc2nc(-c3cccnc3)cc(C(=O)N3C[C@H]4C[C@@H](N(C)C)[C@H](O)C[C@H]4C3)c2c1. The van der Waals surface area contributed by atoms with E-state index < -0.39 is 0 Å². The van der Waals surface area contributed by atoms with Gasteiger partial charge in [0.05, 0.1) is 22.9 Å². The molecule has 1 N–H and O–H groups in total. The van der Waals surface area contributed by atoms with Crippen molar-refractivity contribution < 1.29 is 9.90 Å². The van der Waals surface area contributed by atoms with Gasteiger partial charge in [-0.3, -0.25) is 9.78 Å². The average Bonchev–Trinajstić information content (AvgIpc) is 3.20. The fourth-order valence-corrected chi connectivity index (χ4v) is 5.48. The van der Waals surface area contributed by atoms with Gasteiger partial charge in [-0.15, -0.1) is 0 Å². The number of fused-ring (bicyclic) bond motifs is 2. The number of carbonyl (C=O) groups is 1. The fourth-order valence-electron chi connectivity index (χ4n) is 5.48. The molecule has 0 bridgehead atoms. The highest BCUT2D eigenvalue weighted by atomic mass is 16.3. The molecule has 0 spiro atoms. The minimum atomic E-state index is -0.331. The first-order valence-corrected chi connectivity index (χ1v) is 11.4. The maximum absolute atomic E-state index is 13.8. The van der Waals surface area contributed by atoms with Crippen molar-refractivity contribution in [1.82, 2.24) is 19.8 Å². The number of carbonyl (C=O) groups excluding carboxylic acids is 1. The Morgan fingerprint density at radius 2 is 1.91 bits per heavy atom. The molecule has 0 unspecified atom stereocenters. The molecular weight excluding hydrogens is 400 g/mol. The van der Waals surface area contributed by atoms with Crippen LogP contribution < -0.4 is 0 Å². The van der Waals surface area contributed by atoms with Gasteiger partial charge in [0.25, 0.3) is 5.91 Å². The molecule has 1 aromatic carbocycles. The molecule has 2 aliphatic rings. The van der Waals surface area contributed by atoms with Crippen molar-refractivity contribution in [3.8, 4) is 11.3 Å². The second kappa shape index (κ2) is 8.26. The average molecular weight is 431 g/mol. The molecule has 32 heavy (non-hydrogen) atoms. The smallest absolute Gasteiger partial charge is 0.254 e. The summed E-state index contributed by atoms with van der Waals surface area (Å²) in [6, 6.07) is 12.0. The van der Waals surface area contributed by atoms with Gasteiger partial charge in [-0.25, -0.2) is 4.98 Å². The number of aliphatic hydroxyl groups is 1. The molecule has 6 heteroatoms. The molecule has 1 saturated carbocycles. The van der Waals surface area contributed by atoms with E-state index in [9.17, 15) is 9.90 Å². The molecule has 3 heterocycles. The Bertz CT molecular complexity index is 1150. The number of aliphatic hydroxyl groups excluding tert-OH is 1. The number of rotatable bonds is 3. The fraction of sp³-hybridized carbons (Fsp3) is 0.423. The molecule has 0 radical (unpaired) electrons. The van der Waals surface area contributed by atoms with Gasteiger partial charge < -0.3 is 14.9 Å². The quantitative estimate of drug-likeness (QED) is 0.690. The Kier molecular flexibility index (Phi) is 5.43. The number of benzene rings is 1. The van der Waals surface area contributed by atoms with E-state index in [1.165, 1.54) is 0 Å². The Morgan fingerprint density at radius 1 is 1.12 bits per heavy atom. The third kappa shape index (κ3) is 3.78. The van der Waals surface area contributed by atoms with Crippen LogP contribution in [0.3, 0.4) is 0 Å². The van der Waals surface area contributed by atoms with Gasteiger partial charge in [-0.2, -0.15) is 0 Å². The zero-order valence-corrected chi connectivity index (χ0v) is 18.9. The largest absolute Gasteiger partial charge is 0.391 e. The van der Waals surface area contributed by atoms with Crippen molar-refractivity contribution in [2.45, 2.75) is 31.9 Å². The lowest BCUT2D eigenvalue weighted by atomic mass is 9.77. The van der Waals surface area contributed by atoms with E-state index in [1.807, 2.05) is 56.3 Å². The number of likely N-dealkylation sites (tertiary alicyclic amines) is 1. The van der Waals surface area contributed by atoms with E-state index in [4.69, 9.17) is 4.98 Å². The van der Waals surface area contributed by atoms with Crippen LogP contribution in [0.2, 0.25) is 0 Å². The molecule has 1 amide bonds. The van der Waals surface area contributed by atoms with Crippen LogP contribution in [0.1, 0.15) is 28.8 Å². The van der Waals surface area contributed by atoms with Gasteiger partial charge >= 0.3 is 0 Å². The predicted molar refractivity (Wildman–Crippen MR) is 125 cm³/mol. The summed E-state index contributed by atoms with van der Waals surface area (Å²) in [4.78, 5) is 27.0. The van der Waals surface area contributed by atoms with Crippen LogP contribution in [0.15, 0.2) is 48.8 Å².